The Labute approximate surface area is 141 Å². The summed E-state index contributed by atoms with van der Waals surface area (Å²) in [6.07, 6.45) is 4.59. The van der Waals surface area contributed by atoms with Crippen molar-refractivity contribution in [3.8, 4) is 0 Å². The summed E-state index contributed by atoms with van der Waals surface area (Å²) in [5, 5.41) is 1.16. The third-order valence-electron chi connectivity index (χ3n) is 4.43. The molecule has 0 amide bonds. The van der Waals surface area contributed by atoms with Gasteiger partial charge in [0.15, 0.2) is 0 Å². The van der Waals surface area contributed by atoms with E-state index in [9.17, 15) is 8.42 Å². The fraction of sp³-hybridized carbons (Fsp3) is 0.158. The maximum Gasteiger partial charge on any atom is 0.243 e. The highest BCUT2D eigenvalue weighted by molar-refractivity contribution is 7.89. The maximum atomic E-state index is 12.9. The fourth-order valence-electron chi connectivity index (χ4n) is 3.21. The van der Waals surface area contributed by atoms with Crippen LogP contribution in [0.3, 0.4) is 0 Å². The molecule has 2 heterocycles. The standard InChI is InChI=1S/C19H18N2O2S/c22-24(23,15-7-2-1-3-8-15)21-13-6-11-19-17(12-14-21)16-9-4-5-10-18(16)20-19/h1-11,20H,12-14H2/b11-6-. The summed E-state index contributed by atoms with van der Waals surface area (Å²) in [6, 6.07) is 16.8. The molecule has 0 saturated heterocycles. The van der Waals surface area contributed by atoms with E-state index in [0.29, 0.717) is 24.4 Å². The number of rotatable bonds is 2. The van der Waals surface area contributed by atoms with Crippen LogP contribution in [0.15, 0.2) is 65.6 Å². The lowest BCUT2D eigenvalue weighted by molar-refractivity contribution is 0.445. The second-order valence-corrected chi connectivity index (χ2v) is 7.83. The maximum absolute atomic E-state index is 12.9. The number of sulfonamides is 1. The van der Waals surface area contributed by atoms with Crippen molar-refractivity contribution in [3.05, 3.63) is 71.9 Å². The molecule has 4 nitrogen and oxygen atoms in total. The van der Waals surface area contributed by atoms with Crippen LogP contribution in [0.5, 0.6) is 0 Å². The van der Waals surface area contributed by atoms with E-state index >= 15 is 0 Å². The van der Waals surface area contributed by atoms with Crippen LogP contribution in [-0.4, -0.2) is 30.8 Å². The lowest BCUT2D eigenvalue weighted by Crippen LogP contribution is -2.33. The van der Waals surface area contributed by atoms with Crippen molar-refractivity contribution in [2.75, 3.05) is 13.1 Å². The summed E-state index contributed by atoms with van der Waals surface area (Å²) in [6.45, 7) is 0.850. The number of aromatic nitrogens is 1. The number of para-hydroxylation sites is 1. The Morgan fingerprint density at radius 2 is 1.71 bits per heavy atom. The zero-order chi connectivity index (χ0) is 16.6. The molecule has 1 aliphatic heterocycles. The smallest absolute Gasteiger partial charge is 0.243 e. The highest BCUT2D eigenvalue weighted by atomic mass is 32.2. The van der Waals surface area contributed by atoms with Crippen LogP contribution in [0.1, 0.15) is 11.3 Å². The largest absolute Gasteiger partial charge is 0.355 e. The van der Waals surface area contributed by atoms with Gasteiger partial charge in [0.2, 0.25) is 10.0 Å². The van der Waals surface area contributed by atoms with Crippen molar-refractivity contribution >= 4 is 27.0 Å². The van der Waals surface area contributed by atoms with Crippen LogP contribution in [0, 0.1) is 0 Å². The van der Waals surface area contributed by atoms with Gasteiger partial charge in [-0.15, -0.1) is 0 Å². The average molecular weight is 338 g/mol. The fourth-order valence-corrected chi connectivity index (χ4v) is 4.62. The molecular formula is C19H18N2O2S. The minimum absolute atomic E-state index is 0.345. The Bertz CT molecular complexity index is 1000. The Balaban J connectivity index is 1.70. The summed E-state index contributed by atoms with van der Waals surface area (Å²) in [5.41, 5.74) is 3.34. The molecule has 0 bridgehead atoms. The molecular weight excluding hydrogens is 320 g/mol. The number of nitrogens with one attached hydrogen (secondary N) is 1. The highest BCUT2D eigenvalue weighted by Crippen LogP contribution is 2.26. The third kappa shape index (κ3) is 2.56. The SMILES string of the molecule is O=S(=O)(c1ccccc1)N1C/C=C\c2[nH]c3ccccc3c2CC1. The van der Waals surface area contributed by atoms with Crippen molar-refractivity contribution in [1.29, 1.82) is 0 Å². The molecule has 122 valence electrons. The van der Waals surface area contributed by atoms with E-state index < -0.39 is 10.0 Å². The van der Waals surface area contributed by atoms with Gasteiger partial charge >= 0.3 is 0 Å². The van der Waals surface area contributed by atoms with Gasteiger partial charge in [0.05, 0.1) is 4.90 Å². The third-order valence-corrected chi connectivity index (χ3v) is 6.31. The number of hydrogen-bond donors (Lipinski definition) is 1. The number of aromatic amines is 1. The number of H-pyrrole nitrogens is 1. The van der Waals surface area contributed by atoms with Gasteiger partial charge in [-0.25, -0.2) is 8.42 Å². The molecule has 0 atom stereocenters. The van der Waals surface area contributed by atoms with Crippen molar-refractivity contribution in [1.82, 2.24) is 9.29 Å². The summed E-state index contributed by atoms with van der Waals surface area (Å²) in [4.78, 5) is 3.76. The van der Waals surface area contributed by atoms with Crippen LogP contribution in [-0.2, 0) is 16.4 Å². The zero-order valence-corrected chi connectivity index (χ0v) is 14.0. The minimum Gasteiger partial charge on any atom is -0.355 e. The quantitative estimate of drug-likeness (QED) is 0.778. The topological polar surface area (TPSA) is 53.2 Å². The van der Waals surface area contributed by atoms with Gasteiger partial charge in [-0.1, -0.05) is 42.5 Å². The first-order valence-electron chi connectivity index (χ1n) is 7.97. The van der Waals surface area contributed by atoms with Crippen LogP contribution in [0.25, 0.3) is 17.0 Å². The van der Waals surface area contributed by atoms with Gasteiger partial charge in [-0.3, -0.25) is 0 Å². The molecule has 0 spiro atoms. The van der Waals surface area contributed by atoms with Crippen LogP contribution in [0.4, 0.5) is 0 Å². The number of benzene rings is 2. The van der Waals surface area contributed by atoms with Gasteiger partial charge in [0.1, 0.15) is 0 Å². The van der Waals surface area contributed by atoms with Crippen molar-refractivity contribution < 1.29 is 8.42 Å². The molecule has 1 N–H and O–H groups in total. The lowest BCUT2D eigenvalue weighted by atomic mass is 10.1. The van der Waals surface area contributed by atoms with E-state index in [1.54, 1.807) is 28.6 Å². The van der Waals surface area contributed by atoms with Gasteiger partial charge in [0.25, 0.3) is 0 Å². The molecule has 2 aromatic carbocycles. The normalized spacial score (nSPS) is 17.2. The Kier molecular flexibility index (Phi) is 3.75. The van der Waals surface area contributed by atoms with Crippen LogP contribution >= 0.6 is 0 Å². The predicted octanol–water partition coefficient (Wildman–Crippen LogP) is 3.43. The molecule has 0 aliphatic carbocycles. The summed E-state index contributed by atoms with van der Waals surface area (Å²) >= 11 is 0. The Morgan fingerprint density at radius 1 is 0.958 bits per heavy atom. The minimum atomic E-state index is -3.47. The van der Waals surface area contributed by atoms with Crippen molar-refractivity contribution in [2.24, 2.45) is 0 Å². The monoisotopic (exact) mass is 338 g/mol. The number of nitrogens with zero attached hydrogens (tertiary/aromatic N) is 1. The molecule has 0 fully saturated rings. The van der Waals surface area contributed by atoms with E-state index in [-0.39, 0.29) is 0 Å². The second kappa shape index (κ2) is 5.92. The van der Waals surface area contributed by atoms with E-state index in [4.69, 9.17) is 0 Å². The van der Waals surface area contributed by atoms with Crippen LogP contribution in [0.2, 0.25) is 0 Å². The molecule has 0 radical (unpaired) electrons. The van der Waals surface area contributed by atoms with Gasteiger partial charge in [-0.2, -0.15) is 4.31 Å². The van der Waals surface area contributed by atoms with Crippen LogP contribution < -0.4 is 0 Å². The molecule has 3 aromatic rings. The first kappa shape index (κ1) is 15.2. The van der Waals surface area contributed by atoms with Gasteiger partial charge in [-0.05, 0) is 36.3 Å². The van der Waals surface area contributed by atoms with Crippen molar-refractivity contribution in [3.63, 3.8) is 0 Å². The molecule has 1 aliphatic rings. The average Bonchev–Trinajstić information content (AvgIpc) is 2.92. The van der Waals surface area contributed by atoms with Gasteiger partial charge in [0, 0.05) is 29.7 Å². The predicted molar refractivity (Wildman–Crippen MR) is 96.2 cm³/mol. The van der Waals surface area contributed by atoms with E-state index in [0.717, 1.165) is 16.6 Å². The van der Waals surface area contributed by atoms with Gasteiger partial charge < -0.3 is 4.98 Å². The van der Waals surface area contributed by atoms with E-state index in [1.165, 1.54) is 5.56 Å². The molecule has 5 heteroatoms. The van der Waals surface area contributed by atoms with E-state index in [1.807, 2.05) is 36.4 Å². The highest BCUT2D eigenvalue weighted by Gasteiger charge is 2.25. The first-order valence-corrected chi connectivity index (χ1v) is 9.41. The Morgan fingerprint density at radius 3 is 2.54 bits per heavy atom. The number of fused-ring (bicyclic) bond motifs is 3. The molecule has 4 rings (SSSR count). The summed E-state index contributed by atoms with van der Waals surface area (Å²) in [7, 11) is -3.47. The number of hydrogen-bond acceptors (Lipinski definition) is 2. The molecule has 0 unspecified atom stereocenters. The van der Waals surface area contributed by atoms with E-state index in [2.05, 4.69) is 11.1 Å². The molecule has 1 aromatic heterocycles. The summed E-state index contributed by atoms with van der Waals surface area (Å²) < 4.78 is 27.2. The second-order valence-electron chi connectivity index (χ2n) is 5.89. The van der Waals surface area contributed by atoms with Crippen molar-refractivity contribution in [2.45, 2.75) is 11.3 Å². The molecule has 24 heavy (non-hydrogen) atoms. The zero-order valence-electron chi connectivity index (χ0n) is 13.1. The summed E-state index contributed by atoms with van der Waals surface area (Å²) in [5.74, 6) is 0. The first-order chi connectivity index (χ1) is 11.7. The Hall–Kier alpha value is -2.37. The molecule has 0 saturated carbocycles. The lowest BCUT2D eigenvalue weighted by Gasteiger charge is -2.22.